The molecule has 0 saturated heterocycles. The van der Waals surface area contributed by atoms with Gasteiger partial charge >= 0.3 is 0 Å². The van der Waals surface area contributed by atoms with Crippen molar-refractivity contribution in [2.24, 2.45) is 0 Å². The molecule has 0 fully saturated rings. The van der Waals surface area contributed by atoms with Crippen molar-refractivity contribution >= 4 is 33.2 Å². The number of anilines is 1. The highest BCUT2D eigenvalue weighted by atomic mass is 35.5. The second kappa shape index (κ2) is 10.4. The van der Waals surface area contributed by atoms with E-state index in [2.05, 4.69) is 10.0 Å². The first-order chi connectivity index (χ1) is 13.7. The number of hydrogen-bond acceptors (Lipinski definition) is 5. The van der Waals surface area contributed by atoms with E-state index in [-0.39, 0.29) is 16.5 Å². The average molecular weight is 441 g/mol. The summed E-state index contributed by atoms with van der Waals surface area (Å²) in [5.41, 5.74) is 1.67. The topological polar surface area (TPSA) is 93.7 Å². The Labute approximate surface area is 176 Å². The van der Waals surface area contributed by atoms with Gasteiger partial charge in [-0.1, -0.05) is 17.7 Å². The standard InChI is InChI=1S/C20H25ClN2O5S/c1-4-28-18-10-7-14(12-19(18)27-2)6-5-11-22-20(24)16-9-8-15(13-17(16)21)23-29(3,25)26/h7-10,12-13,23H,4-6,11H2,1-3H3,(H,22,24). The summed E-state index contributed by atoms with van der Waals surface area (Å²) in [6.45, 7) is 2.95. The number of nitrogens with one attached hydrogen (secondary N) is 2. The molecule has 0 aromatic heterocycles. The molecule has 0 atom stereocenters. The van der Waals surface area contributed by atoms with E-state index in [0.29, 0.717) is 30.3 Å². The summed E-state index contributed by atoms with van der Waals surface area (Å²) in [6, 6.07) is 10.2. The monoisotopic (exact) mass is 440 g/mol. The van der Waals surface area contributed by atoms with Crippen LogP contribution in [0, 0.1) is 0 Å². The van der Waals surface area contributed by atoms with Crippen LogP contribution in [-0.4, -0.2) is 40.8 Å². The molecule has 2 N–H and O–H groups in total. The van der Waals surface area contributed by atoms with Gasteiger partial charge in [-0.3, -0.25) is 9.52 Å². The summed E-state index contributed by atoms with van der Waals surface area (Å²) in [6.07, 6.45) is 2.53. The zero-order valence-electron chi connectivity index (χ0n) is 16.6. The van der Waals surface area contributed by atoms with Crippen LogP contribution in [0.25, 0.3) is 0 Å². The van der Waals surface area contributed by atoms with Crippen LogP contribution >= 0.6 is 11.6 Å². The van der Waals surface area contributed by atoms with E-state index in [1.807, 2.05) is 25.1 Å². The molecular formula is C20H25ClN2O5S. The van der Waals surface area contributed by atoms with E-state index in [1.165, 1.54) is 18.2 Å². The molecule has 9 heteroatoms. The van der Waals surface area contributed by atoms with Crippen LogP contribution in [0.5, 0.6) is 11.5 Å². The third-order valence-corrected chi connectivity index (χ3v) is 4.89. The molecule has 2 aromatic rings. The molecule has 0 aliphatic rings. The van der Waals surface area contributed by atoms with E-state index in [1.54, 1.807) is 7.11 Å². The molecule has 2 rings (SSSR count). The summed E-state index contributed by atoms with van der Waals surface area (Å²) in [7, 11) is -1.81. The lowest BCUT2D eigenvalue weighted by Crippen LogP contribution is -2.25. The summed E-state index contributed by atoms with van der Waals surface area (Å²) in [5, 5.41) is 2.99. The van der Waals surface area contributed by atoms with Crippen LogP contribution in [-0.2, 0) is 16.4 Å². The fourth-order valence-electron chi connectivity index (χ4n) is 2.71. The number of aryl methyl sites for hydroxylation is 1. The summed E-state index contributed by atoms with van der Waals surface area (Å²) < 4.78 is 35.7. The highest BCUT2D eigenvalue weighted by Crippen LogP contribution is 2.28. The molecule has 29 heavy (non-hydrogen) atoms. The van der Waals surface area contributed by atoms with Crippen molar-refractivity contribution in [2.45, 2.75) is 19.8 Å². The van der Waals surface area contributed by atoms with Gasteiger partial charge in [-0.15, -0.1) is 0 Å². The predicted octanol–water partition coefficient (Wildman–Crippen LogP) is 3.48. The fourth-order valence-corrected chi connectivity index (χ4v) is 3.53. The Kier molecular flexibility index (Phi) is 8.16. The maximum absolute atomic E-state index is 12.3. The van der Waals surface area contributed by atoms with Gasteiger partial charge in [-0.25, -0.2) is 8.42 Å². The second-order valence-corrected chi connectivity index (χ2v) is 8.50. The summed E-state index contributed by atoms with van der Waals surface area (Å²) in [4.78, 5) is 12.3. The van der Waals surface area contributed by atoms with Gasteiger partial charge in [0.25, 0.3) is 5.91 Å². The smallest absolute Gasteiger partial charge is 0.252 e. The van der Waals surface area contributed by atoms with Crippen LogP contribution in [0.4, 0.5) is 5.69 Å². The number of methoxy groups -OCH3 is 1. The number of halogens is 1. The van der Waals surface area contributed by atoms with E-state index < -0.39 is 10.0 Å². The number of amides is 1. The first-order valence-corrected chi connectivity index (χ1v) is 11.4. The molecule has 0 aliphatic heterocycles. The van der Waals surface area contributed by atoms with Crippen LogP contribution in [0.15, 0.2) is 36.4 Å². The van der Waals surface area contributed by atoms with Crippen molar-refractivity contribution in [3.63, 3.8) is 0 Å². The molecule has 0 radical (unpaired) electrons. The first kappa shape index (κ1) is 22.8. The predicted molar refractivity (Wildman–Crippen MR) is 115 cm³/mol. The van der Waals surface area contributed by atoms with Crippen LogP contribution in [0.2, 0.25) is 5.02 Å². The molecule has 0 heterocycles. The van der Waals surface area contributed by atoms with Gasteiger partial charge in [0.2, 0.25) is 10.0 Å². The minimum Gasteiger partial charge on any atom is -0.493 e. The van der Waals surface area contributed by atoms with Crippen molar-refractivity contribution in [2.75, 3.05) is 31.2 Å². The zero-order chi connectivity index (χ0) is 21.4. The number of rotatable bonds is 10. The minimum atomic E-state index is -3.41. The molecule has 158 valence electrons. The molecular weight excluding hydrogens is 416 g/mol. The highest BCUT2D eigenvalue weighted by Gasteiger charge is 2.12. The van der Waals surface area contributed by atoms with Crippen molar-refractivity contribution in [1.29, 1.82) is 0 Å². The molecule has 0 spiro atoms. The van der Waals surface area contributed by atoms with Gasteiger partial charge in [0.05, 0.1) is 30.6 Å². The largest absolute Gasteiger partial charge is 0.493 e. The van der Waals surface area contributed by atoms with Crippen molar-refractivity contribution in [3.05, 3.63) is 52.5 Å². The number of hydrogen-bond donors (Lipinski definition) is 2. The Bertz CT molecular complexity index is 963. The van der Waals surface area contributed by atoms with Crippen molar-refractivity contribution in [3.8, 4) is 11.5 Å². The Hall–Kier alpha value is -2.45. The van der Waals surface area contributed by atoms with Gasteiger partial charge in [0, 0.05) is 12.2 Å². The Balaban J connectivity index is 1.88. The Morgan fingerprint density at radius 1 is 1.14 bits per heavy atom. The van der Waals surface area contributed by atoms with Gasteiger partial charge in [0.1, 0.15) is 0 Å². The molecule has 2 aromatic carbocycles. The molecule has 7 nitrogen and oxygen atoms in total. The lowest BCUT2D eigenvalue weighted by atomic mass is 10.1. The highest BCUT2D eigenvalue weighted by molar-refractivity contribution is 7.92. The maximum Gasteiger partial charge on any atom is 0.252 e. The Morgan fingerprint density at radius 2 is 1.90 bits per heavy atom. The first-order valence-electron chi connectivity index (χ1n) is 9.08. The molecule has 0 aliphatic carbocycles. The van der Waals surface area contributed by atoms with Gasteiger partial charge in [0.15, 0.2) is 11.5 Å². The number of carbonyl (C=O) groups excluding carboxylic acids is 1. The minimum absolute atomic E-state index is 0.174. The summed E-state index contributed by atoms with van der Waals surface area (Å²) in [5.74, 6) is 1.07. The molecule has 1 amide bonds. The van der Waals surface area contributed by atoms with Crippen LogP contribution < -0.4 is 19.5 Å². The van der Waals surface area contributed by atoms with E-state index in [9.17, 15) is 13.2 Å². The number of carbonyl (C=O) groups is 1. The third kappa shape index (κ3) is 7.14. The normalized spacial score (nSPS) is 11.0. The lowest BCUT2D eigenvalue weighted by Gasteiger charge is -2.11. The van der Waals surface area contributed by atoms with Gasteiger partial charge < -0.3 is 14.8 Å². The van der Waals surface area contributed by atoms with E-state index >= 15 is 0 Å². The third-order valence-electron chi connectivity index (χ3n) is 3.97. The zero-order valence-corrected chi connectivity index (χ0v) is 18.2. The van der Waals surface area contributed by atoms with Crippen molar-refractivity contribution in [1.82, 2.24) is 5.32 Å². The second-order valence-electron chi connectivity index (χ2n) is 6.35. The maximum atomic E-state index is 12.3. The van der Waals surface area contributed by atoms with Crippen molar-refractivity contribution < 1.29 is 22.7 Å². The number of ether oxygens (including phenoxy) is 2. The molecule has 0 unspecified atom stereocenters. The molecule has 0 saturated carbocycles. The summed E-state index contributed by atoms with van der Waals surface area (Å²) >= 11 is 6.11. The fraction of sp³-hybridized carbons (Fsp3) is 0.350. The average Bonchev–Trinajstić information content (AvgIpc) is 2.65. The number of sulfonamides is 1. The lowest BCUT2D eigenvalue weighted by molar-refractivity contribution is 0.0953. The van der Waals surface area contributed by atoms with Gasteiger partial charge in [-0.05, 0) is 55.7 Å². The molecule has 0 bridgehead atoms. The number of benzene rings is 2. The van der Waals surface area contributed by atoms with Gasteiger partial charge in [-0.2, -0.15) is 0 Å². The Morgan fingerprint density at radius 3 is 2.52 bits per heavy atom. The van der Waals surface area contributed by atoms with E-state index in [0.717, 1.165) is 24.7 Å². The van der Waals surface area contributed by atoms with Crippen LogP contribution in [0.3, 0.4) is 0 Å². The van der Waals surface area contributed by atoms with E-state index in [4.69, 9.17) is 21.1 Å². The van der Waals surface area contributed by atoms with Crippen LogP contribution in [0.1, 0.15) is 29.3 Å². The quantitative estimate of drug-likeness (QED) is 0.551. The SMILES string of the molecule is CCOc1ccc(CCCNC(=O)c2ccc(NS(C)(=O)=O)cc2Cl)cc1OC.